The highest BCUT2D eigenvalue weighted by Crippen LogP contribution is 2.36. The summed E-state index contributed by atoms with van der Waals surface area (Å²) < 4.78 is 16.3. The number of methoxy groups -OCH3 is 2. The quantitative estimate of drug-likeness (QED) is 0.893. The fourth-order valence-electron chi connectivity index (χ4n) is 3.81. The van der Waals surface area contributed by atoms with Crippen LogP contribution in [-0.2, 0) is 18.0 Å². The fraction of sp³-hybridized carbons (Fsp3) is 0.381. The molecule has 2 aliphatic rings. The molecule has 2 amide bonds. The second-order valence-electron chi connectivity index (χ2n) is 6.95. The highest BCUT2D eigenvalue weighted by atomic mass is 16.5. The minimum absolute atomic E-state index is 0.0711. The average Bonchev–Trinajstić information content (AvgIpc) is 3.36. The lowest BCUT2D eigenvalue weighted by atomic mass is 9.97. The molecule has 1 N–H and O–H groups in total. The number of hydrogen-bond donors (Lipinski definition) is 1. The second-order valence-corrected chi connectivity index (χ2v) is 6.95. The largest absolute Gasteiger partial charge is 0.497 e. The zero-order chi connectivity index (χ0) is 18.8. The van der Waals surface area contributed by atoms with Gasteiger partial charge in [0.25, 0.3) is 0 Å². The van der Waals surface area contributed by atoms with Crippen molar-refractivity contribution < 1.29 is 19.0 Å². The summed E-state index contributed by atoms with van der Waals surface area (Å²) in [4.78, 5) is 14.6. The van der Waals surface area contributed by atoms with Crippen LogP contribution in [0.1, 0.15) is 29.0 Å². The number of likely N-dealkylation sites (tertiary alicyclic amines) is 1. The Kier molecular flexibility index (Phi) is 4.90. The van der Waals surface area contributed by atoms with E-state index >= 15 is 0 Å². The van der Waals surface area contributed by atoms with Crippen LogP contribution in [0.2, 0.25) is 0 Å². The third-order valence-corrected chi connectivity index (χ3v) is 5.32. The van der Waals surface area contributed by atoms with Crippen LogP contribution in [0.4, 0.5) is 10.5 Å². The molecule has 2 aromatic rings. The standard InChI is InChI=1S/C21H24N2O4/c1-25-18-5-6-20(26-2)19(10-18)14-7-8-23(11-14)21(24)22-17-4-3-15-12-27-13-16(15)9-17/h3-6,9-10,14H,7-8,11-13H2,1-2H3,(H,22,24)/t14-/m0/s1. The number of rotatable bonds is 4. The van der Waals surface area contributed by atoms with Crippen molar-refractivity contribution in [3.05, 3.63) is 53.1 Å². The van der Waals surface area contributed by atoms with Gasteiger partial charge in [-0.25, -0.2) is 4.79 Å². The predicted octanol–water partition coefficient (Wildman–Crippen LogP) is 3.76. The lowest BCUT2D eigenvalue weighted by Crippen LogP contribution is -2.32. The molecule has 142 valence electrons. The monoisotopic (exact) mass is 368 g/mol. The summed E-state index contributed by atoms with van der Waals surface area (Å²) in [7, 11) is 3.32. The SMILES string of the molecule is COc1ccc(OC)c([C@H]2CCN(C(=O)Nc3ccc4c(c3)COC4)C2)c1. The van der Waals surface area contributed by atoms with Crippen LogP contribution in [0, 0.1) is 0 Å². The number of urea groups is 1. The third kappa shape index (κ3) is 3.57. The molecule has 6 nitrogen and oxygen atoms in total. The molecule has 0 spiro atoms. The number of anilines is 1. The van der Waals surface area contributed by atoms with Gasteiger partial charge >= 0.3 is 6.03 Å². The van der Waals surface area contributed by atoms with Gasteiger partial charge in [-0.05, 0) is 47.9 Å². The third-order valence-electron chi connectivity index (χ3n) is 5.32. The van der Waals surface area contributed by atoms with Gasteiger partial charge < -0.3 is 24.4 Å². The number of carbonyl (C=O) groups is 1. The zero-order valence-corrected chi connectivity index (χ0v) is 15.7. The Balaban J connectivity index is 1.44. The number of nitrogens with zero attached hydrogens (tertiary/aromatic N) is 1. The summed E-state index contributed by atoms with van der Waals surface area (Å²) >= 11 is 0. The maximum absolute atomic E-state index is 12.7. The van der Waals surface area contributed by atoms with Crippen molar-refractivity contribution in [3.8, 4) is 11.5 Å². The summed E-state index contributed by atoms with van der Waals surface area (Å²) in [6.07, 6.45) is 0.898. The van der Waals surface area contributed by atoms with Gasteiger partial charge in [-0.3, -0.25) is 0 Å². The van der Waals surface area contributed by atoms with Gasteiger partial charge in [0.15, 0.2) is 0 Å². The maximum atomic E-state index is 12.7. The van der Waals surface area contributed by atoms with Crippen LogP contribution >= 0.6 is 0 Å². The number of ether oxygens (including phenoxy) is 3. The predicted molar refractivity (Wildman–Crippen MR) is 102 cm³/mol. The van der Waals surface area contributed by atoms with Crippen LogP contribution in [-0.4, -0.2) is 38.2 Å². The Labute approximate surface area is 159 Å². The van der Waals surface area contributed by atoms with E-state index in [2.05, 4.69) is 5.32 Å². The van der Waals surface area contributed by atoms with E-state index in [0.29, 0.717) is 26.3 Å². The molecule has 4 rings (SSSR count). The average molecular weight is 368 g/mol. The normalized spacial score (nSPS) is 18.3. The highest BCUT2D eigenvalue weighted by molar-refractivity contribution is 5.89. The summed E-state index contributed by atoms with van der Waals surface area (Å²) in [5.41, 5.74) is 4.24. The number of benzene rings is 2. The molecule has 2 heterocycles. The van der Waals surface area contributed by atoms with Gasteiger partial charge in [0.05, 0.1) is 27.4 Å². The van der Waals surface area contributed by atoms with E-state index in [9.17, 15) is 4.79 Å². The van der Waals surface area contributed by atoms with Crippen molar-refractivity contribution in [1.82, 2.24) is 4.90 Å². The van der Waals surface area contributed by atoms with E-state index in [1.807, 2.05) is 41.3 Å². The molecular weight excluding hydrogens is 344 g/mol. The van der Waals surface area contributed by atoms with Gasteiger partial charge in [0, 0.05) is 30.3 Å². The first-order valence-electron chi connectivity index (χ1n) is 9.15. The molecule has 1 saturated heterocycles. The molecule has 1 fully saturated rings. The van der Waals surface area contributed by atoms with E-state index in [1.165, 1.54) is 5.56 Å². The minimum Gasteiger partial charge on any atom is -0.497 e. The molecule has 0 aliphatic carbocycles. The van der Waals surface area contributed by atoms with E-state index in [0.717, 1.165) is 34.7 Å². The Morgan fingerprint density at radius 3 is 2.78 bits per heavy atom. The summed E-state index contributed by atoms with van der Waals surface area (Å²) in [6.45, 7) is 2.63. The lowest BCUT2D eigenvalue weighted by molar-refractivity contribution is 0.134. The summed E-state index contributed by atoms with van der Waals surface area (Å²) in [5.74, 6) is 1.87. The van der Waals surface area contributed by atoms with Crippen LogP contribution in [0.3, 0.4) is 0 Å². The van der Waals surface area contributed by atoms with Gasteiger partial charge in [-0.1, -0.05) is 6.07 Å². The number of carbonyl (C=O) groups excluding carboxylic acids is 1. The molecule has 1 atom stereocenters. The topological polar surface area (TPSA) is 60.0 Å². The zero-order valence-electron chi connectivity index (χ0n) is 15.7. The molecule has 0 unspecified atom stereocenters. The number of hydrogen-bond acceptors (Lipinski definition) is 4. The van der Waals surface area contributed by atoms with Crippen LogP contribution < -0.4 is 14.8 Å². The fourth-order valence-corrected chi connectivity index (χ4v) is 3.81. The molecule has 0 radical (unpaired) electrons. The van der Waals surface area contributed by atoms with Gasteiger partial charge in [-0.15, -0.1) is 0 Å². The van der Waals surface area contributed by atoms with E-state index in [-0.39, 0.29) is 11.9 Å². The maximum Gasteiger partial charge on any atom is 0.321 e. The summed E-state index contributed by atoms with van der Waals surface area (Å²) in [5, 5.41) is 3.01. The molecule has 0 saturated carbocycles. The molecule has 0 bridgehead atoms. The minimum atomic E-state index is -0.0711. The first kappa shape index (κ1) is 17.7. The van der Waals surface area contributed by atoms with Crippen LogP contribution in [0.25, 0.3) is 0 Å². The number of nitrogens with one attached hydrogen (secondary N) is 1. The first-order chi connectivity index (χ1) is 13.2. The Morgan fingerprint density at radius 2 is 1.96 bits per heavy atom. The van der Waals surface area contributed by atoms with Crippen molar-refractivity contribution in [2.75, 3.05) is 32.6 Å². The number of amides is 2. The molecule has 2 aromatic carbocycles. The van der Waals surface area contributed by atoms with E-state index in [1.54, 1.807) is 14.2 Å². The Morgan fingerprint density at radius 1 is 1.11 bits per heavy atom. The van der Waals surface area contributed by atoms with Gasteiger partial charge in [0.2, 0.25) is 0 Å². The number of fused-ring (bicyclic) bond motifs is 1. The summed E-state index contributed by atoms with van der Waals surface area (Å²) in [6, 6.07) is 11.7. The second kappa shape index (κ2) is 7.48. The Hall–Kier alpha value is -2.73. The van der Waals surface area contributed by atoms with Crippen molar-refractivity contribution in [1.29, 1.82) is 0 Å². The van der Waals surface area contributed by atoms with E-state index in [4.69, 9.17) is 14.2 Å². The van der Waals surface area contributed by atoms with Crippen molar-refractivity contribution in [2.24, 2.45) is 0 Å². The molecule has 6 heteroatoms. The van der Waals surface area contributed by atoms with Gasteiger partial charge in [0.1, 0.15) is 11.5 Å². The molecular formula is C21H24N2O4. The molecule has 27 heavy (non-hydrogen) atoms. The molecule has 0 aromatic heterocycles. The van der Waals surface area contributed by atoms with Crippen molar-refractivity contribution in [3.63, 3.8) is 0 Å². The highest BCUT2D eigenvalue weighted by Gasteiger charge is 2.29. The van der Waals surface area contributed by atoms with Gasteiger partial charge in [-0.2, -0.15) is 0 Å². The van der Waals surface area contributed by atoms with Crippen LogP contribution in [0.5, 0.6) is 11.5 Å². The smallest absolute Gasteiger partial charge is 0.321 e. The lowest BCUT2D eigenvalue weighted by Gasteiger charge is -2.19. The van der Waals surface area contributed by atoms with E-state index < -0.39 is 0 Å². The Bertz CT molecular complexity index is 852. The first-order valence-corrected chi connectivity index (χ1v) is 9.15. The van der Waals surface area contributed by atoms with Crippen LogP contribution in [0.15, 0.2) is 36.4 Å². The van der Waals surface area contributed by atoms with Crippen molar-refractivity contribution >= 4 is 11.7 Å². The van der Waals surface area contributed by atoms with Crippen molar-refractivity contribution in [2.45, 2.75) is 25.6 Å². The molecule has 2 aliphatic heterocycles.